The molecule has 1 aliphatic heterocycles. The first-order chi connectivity index (χ1) is 10.5. The zero-order valence-electron chi connectivity index (χ0n) is 13.0. The predicted molar refractivity (Wildman–Crippen MR) is 83.1 cm³/mol. The van der Waals surface area contributed by atoms with Crippen LogP contribution in [0.5, 0.6) is 0 Å². The van der Waals surface area contributed by atoms with Gasteiger partial charge in [-0.15, -0.1) is 0 Å². The molecule has 0 unspecified atom stereocenters. The first-order valence-electron chi connectivity index (χ1n) is 7.60. The number of carbonyl (C=O) groups excluding carboxylic acids is 2. The maximum atomic E-state index is 12.3. The van der Waals surface area contributed by atoms with Gasteiger partial charge >= 0.3 is 0 Å². The van der Waals surface area contributed by atoms with Gasteiger partial charge in [-0.3, -0.25) is 9.59 Å². The molecule has 1 atom stereocenters. The van der Waals surface area contributed by atoms with Crippen molar-refractivity contribution in [2.75, 3.05) is 13.1 Å². The average Bonchev–Trinajstić information content (AvgIpc) is 3.02. The fourth-order valence-electron chi connectivity index (χ4n) is 2.85. The SMILES string of the molecule is CC(C)[C@H]1CCCN1C(=O)CNC(=O)c1ccc(C#N)cc1. The Labute approximate surface area is 130 Å². The third-order valence-corrected chi connectivity index (χ3v) is 4.07. The monoisotopic (exact) mass is 299 g/mol. The van der Waals surface area contributed by atoms with E-state index in [-0.39, 0.29) is 24.4 Å². The summed E-state index contributed by atoms with van der Waals surface area (Å²) in [5, 5.41) is 11.4. The van der Waals surface area contributed by atoms with Crippen LogP contribution in [0.1, 0.15) is 42.6 Å². The van der Waals surface area contributed by atoms with E-state index < -0.39 is 0 Å². The van der Waals surface area contributed by atoms with Crippen LogP contribution in [-0.4, -0.2) is 35.8 Å². The standard InChI is InChI=1S/C17H21N3O2/c1-12(2)15-4-3-9-20(15)16(21)11-19-17(22)14-7-5-13(10-18)6-8-14/h5-8,12,15H,3-4,9,11H2,1-2H3,(H,19,22)/t15-/m1/s1. The minimum atomic E-state index is -0.293. The Bertz CT molecular complexity index is 587. The molecular weight excluding hydrogens is 278 g/mol. The lowest BCUT2D eigenvalue weighted by molar-refractivity contribution is -0.131. The van der Waals surface area contributed by atoms with Gasteiger partial charge in [0.05, 0.1) is 18.2 Å². The van der Waals surface area contributed by atoms with Crippen LogP contribution in [0, 0.1) is 17.2 Å². The highest BCUT2D eigenvalue weighted by Gasteiger charge is 2.30. The molecule has 0 aliphatic carbocycles. The lowest BCUT2D eigenvalue weighted by Crippen LogP contribution is -2.44. The van der Waals surface area contributed by atoms with Crippen molar-refractivity contribution in [2.45, 2.75) is 32.7 Å². The molecule has 0 bridgehead atoms. The summed E-state index contributed by atoms with van der Waals surface area (Å²) in [6.45, 7) is 5.02. The van der Waals surface area contributed by atoms with Gasteiger partial charge in [-0.2, -0.15) is 5.26 Å². The molecule has 1 aliphatic rings. The van der Waals surface area contributed by atoms with Gasteiger partial charge in [0.15, 0.2) is 0 Å². The summed E-state index contributed by atoms with van der Waals surface area (Å²) < 4.78 is 0. The molecule has 22 heavy (non-hydrogen) atoms. The Morgan fingerprint density at radius 3 is 2.64 bits per heavy atom. The molecular formula is C17H21N3O2. The molecule has 116 valence electrons. The van der Waals surface area contributed by atoms with Gasteiger partial charge in [0.1, 0.15) is 0 Å². The Balaban J connectivity index is 1.90. The van der Waals surface area contributed by atoms with Crippen LogP contribution in [-0.2, 0) is 4.79 Å². The zero-order chi connectivity index (χ0) is 16.1. The van der Waals surface area contributed by atoms with Gasteiger partial charge < -0.3 is 10.2 Å². The van der Waals surface area contributed by atoms with Crippen LogP contribution in [0.4, 0.5) is 0 Å². The number of nitrogens with one attached hydrogen (secondary N) is 1. The fourth-order valence-corrected chi connectivity index (χ4v) is 2.85. The van der Waals surface area contributed by atoms with Crippen molar-refractivity contribution >= 4 is 11.8 Å². The number of nitriles is 1. The van der Waals surface area contributed by atoms with Crippen molar-refractivity contribution in [3.8, 4) is 6.07 Å². The van der Waals surface area contributed by atoms with Crippen LogP contribution < -0.4 is 5.32 Å². The average molecular weight is 299 g/mol. The van der Waals surface area contributed by atoms with Crippen LogP contribution in [0.25, 0.3) is 0 Å². The van der Waals surface area contributed by atoms with E-state index in [9.17, 15) is 9.59 Å². The van der Waals surface area contributed by atoms with E-state index in [1.807, 2.05) is 11.0 Å². The topological polar surface area (TPSA) is 73.2 Å². The van der Waals surface area contributed by atoms with Crippen LogP contribution >= 0.6 is 0 Å². The summed E-state index contributed by atoms with van der Waals surface area (Å²) >= 11 is 0. The summed E-state index contributed by atoms with van der Waals surface area (Å²) in [5.41, 5.74) is 0.957. The molecule has 0 saturated carbocycles. The predicted octanol–water partition coefficient (Wildman–Crippen LogP) is 1.94. The first-order valence-corrected chi connectivity index (χ1v) is 7.60. The van der Waals surface area contributed by atoms with E-state index in [4.69, 9.17) is 5.26 Å². The fraction of sp³-hybridized carbons (Fsp3) is 0.471. The largest absolute Gasteiger partial charge is 0.343 e. The second-order valence-electron chi connectivity index (χ2n) is 5.91. The lowest BCUT2D eigenvalue weighted by Gasteiger charge is -2.27. The van der Waals surface area contributed by atoms with Gasteiger partial charge in [0, 0.05) is 18.2 Å². The van der Waals surface area contributed by atoms with Gasteiger partial charge in [-0.05, 0) is 43.0 Å². The van der Waals surface area contributed by atoms with Crippen LogP contribution in [0.3, 0.4) is 0 Å². The Morgan fingerprint density at radius 2 is 2.05 bits per heavy atom. The van der Waals surface area contributed by atoms with Crippen molar-refractivity contribution in [3.63, 3.8) is 0 Å². The summed E-state index contributed by atoms with van der Waals surface area (Å²) in [7, 11) is 0. The summed E-state index contributed by atoms with van der Waals surface area (Å²) in [4.78, 5) is 26.2. The smallest absolute Gasteiger partial charge is 0.251 e. The summed E-state index contributed by atoms with van der Waals surface area (Å²) in [6.07, 6.45) is 2.06. The number of nitrogens with zero attached hydrogens (tertiary/aromatic N) is 2. The number of rotatable bonds is 4. The lowest BCUT2D eigenvalue weighted by atomic mass is 10.0. The number of likely N-dealkylation sites (tertiary alicyclic amines) is 1. The van der Waals surface area contributed by atoms with E-state index in [0.29, 0.717) is 17.0 Å². The molecule has 5 nitrogen and oxygen atoms in total. The van der Waals surface area contributed by atoms with Crippen molar-refractivity contribution in [2.24, 2.45) is 5.92 Å². The first kappa shape index (κ1) is 16.0. The van der Waals surface area contributed by atoms with Gasteiger partial charge in [0.25, 0.3) is 5.91 Å². The second kappa shape index (κ2) is 7.08. The number of hydrogen-bond acceptors (Lipinski definition) is 3. The van der Waals surface area contributed by atoms with Crippen LogP contribution in [0.15, 0.2) is 24.3 Å². The molecule has 1 saturated heterocycles. The molecule has 2 amide bonds. The van der Waals surface area contributed by atoms with Gasteiger partial charge in [0.2, 0.25) is 5.91 Å². The van der Waals surface area contributed by atoms with Crippen molar-refractivity contribution in [1.82, 2.24) is 10.2 Å². The molecule has 1 heterocycles. The molecule has 0 radical (unpaired) electrons. The molecule has 2 rings (SSSR count). The summed E-state index contributed by atoms with van der Waals surface area (Å²) in [6, 6.07) is 8.64. The van der Waals surface area contributed by atoms with E-state index in [1.165, 1.54) is 0 Å². The number of hydrogen-bond donors (Lipinski definition) is 1. The van der Waals surface area contributed by atoms with Gasteiger partial charge in [-0.1, -0.05) is 13.8 Å². The number of carbonyl (C=O) groups is 2. The highest BCUT2D eigenvalue weighted by atomic mass is 16.2. The molecule has 5 heteroatoms. The minimum Gasteiger partial charge on any atom is -0.343 e. The van der Waals surface area contributed by atoms with E-state index in [2.05, 4.69) is 19.2 Å². The molecule has 1 N–H and O–H groups in total. The molecule has 0 aromatic heterocycles. The molecule has 1 aromatic rings. The maximum absolute atomic E-state index is 12.3. The second-order valence-corrected chi connectivity index (χ2v) is 5.91. The minimum absolute atomic E-state index is 0.0159. The molecule has 0 spiro atoms. The van der Waals surface area contributed by atoms with E-state index >= 15 is 0 Å². The van der Waals surface area contributed by atoms with E-state index in [1.54, 1.807) is 24.3 Å². The highest BCUT2D eigenvalue weighted by molar-refractivity contribution is 5.96. The van der Waals surface area contributed by atoms with Crippen LogP contribution in [0.2, 0.25) is 0 Å². The Kier molecular flexibility index (Phi) is 5.16. The third-order valence-electron chi connectivity index (χ3n) is 4.07. The molecule has 1 fully saturated rings. The Hall–Kier alpha value is -2.35. The summed E-state index contributed by atoms with van der Waals surface area (Å²) in [5.74, 6) is 0.108. The number of benzene rings is 1. The van der Waals surface area contributed by atoms with E-state index in [0.717, 1.165) is 19.4 Å². The van der Waals surface area contributed by atoms with Gasteiger partial charge in [-0.25, -0.2) is 0 Å². The quantitative estimate of drug-likeness (QED) is 0.923. The zero-order valence-corrected chi connectivity index (χ0v) is 13.0. The van der Waals surface area contributed by atoms with Crippen molar-refractivity contribution in [3.05, 3.63) is 35.4 Å². The Morgan fingerprint density at radius 1 is 1.36 bits per heavy atom. The molecule has 1 aromatic carbocycles. The van der Waals surface area contributed by atoms with Crippen molar-refractivity contribution in [1.29, 1.82) is 5.26 Å². The third kappa shape index (κ3) is 3.64. The maximum Gasteiger partial charge on any atom is 0.251 e. The highest BCUT2D eigenvalue weighted by Crippen LogP contribution is 2.23. The number of amides is 2. The normalized spacial score (nSPS) is 17.4. The van der Waals surface area contributed by atoms with Crippen molar-refractivity contribution < 1.29 is 9.59 Å².